The molecule has 1 heterocycles. The first-order chi connectivity index (χ1) is 5.27. The van der Waals surface area contributed by atoms with Gasteiger partial charge in [0.25, 0.3) is 0 Å². The molecule has 0 aromatic carbocycles. The maximum Gasteiger partial charge on any atom is 0.242 e. The minimum absolute atomic E-state index is 0.583. The molecule has 2 rings (SSSR count). The van der Waals surface area contributed by atoms with Gasteiger partial charge in [0.15, 0.2) is 0 Å². The van der Waals surface area contributed by atoms with Crippen molar-refractivity contribution < 1.29 is 0 Å². The summed E-state index contributed by atoms with van der Waals surface area (Å²) < 4.78 is 1.64. The van der Waals surface area contributed by atoms with Gasteiger partial charge in [-0.25, -0.2) is 4.68 Å². The van der Waals surface area contributed by atoms with Crippen molar-refractivity contribution in [2.45, 2.75) is 19.4 Å². The quantitative estimate of drug-likeness (QED) is 0.651. The smallest absolute Gasteiger partial charge is 0.242 e. The average Bonchev–Trinajstić information content (AvgIpc) is 2.48. The number of aromatic nitrogens is 4. The Bertz CT molecular complexity index is 255. The molecule has 5 heteroatoms. The monoisotopic (exact) mass is 153 g/mol. The van der Waals surface area contributed by atoms with Crippen molar-refractivity contribution in [2.75, 3.05) is 5.32 Å². The van der Waals surface area contributed by atoms with Gasteiger partial charge in [-0.05, 0) is 22.8 Å². The van der Waals surface area contributed by atoms with Crippen molar-refractivity contribution in [1.82, 2.24) is 20.2 Å². The molecule has 0 saturated heterocycles. The zero-order valence-electron chi connectivity index (χ0n) is 6.65. The summed E-state index contributed by atoms with van der Waals surface area (Å²) >= 11 is 0. The van der Waals surface area contributed by atoms with Gasteiger partial charge in [0.1, 0.15) is 0 Å². The van der Waals surface area contributed by atoms with Crippen molar-refractivity contribution in [1.29, 1.82) is 0 Å². The van der Waals surface area contributed by atoms with Crippen LogP contribution in [0.4, 0.5) is 5.95 Å². The Labute approximate surface area is 64.8 Å². The number of anilines is 1. The molecular formula is C6H11N5. The summed E-state index contributed by atoms with van der Waals surface area (Å²) in [5.74, 6) is 1.53. The van der Waals surface area contributed by atoms with Gasteiger partial charge in [-0.3, -0.25) is 0 Å². The zero-order valence-corrected chi connectivity index (χ0v) is 6.65. The van der Waals surface area contributed by atoms with Gasteiger partial charge in [0.05, 0.1) is 0 Å². The first-order valence-corrected chi connectivity index (χ1v) is 3.76. The van der Waals surface area contributed by atoms with Gasteiger partial charge in [-0.15, -0.1) is 0 Å². The zero-order chi connectivity index (χ0) is 7.84. The van der Waals surface area contributed by atoms with Gasteiger partial charge in [-0.1, -0.05) is 12.0 Å². The number of rotatable bonds is 2. The number of nitrogens with zero attached hydrogens (tertiary/aromatic N) is 4. The van der Waals surface area contributed by atoms with Gasteiger partial charge < -0.3 is 5.32 Å². The fraction of sp³-hybridized carbons (Fsp3) is 0.833. The lowest BCUT2D eigenvalue weighted by Gasteiger charge is -1.99. The van der Waals surface area contributed by atoms with Crippen LogP contribution in [0.3, 0.4) is 0 Å². The molecule has 0 amide bonds. The normalized spacial score (nSPS) is 28.5. The van der Waals surface area contributed by atoms with Gasteiger partial charge in [0, 0.05) is 13.1 Å². The second-order valence-corrected chi connectivity index (χ2v) is 3.09. The van der Waals surface area contributed by atoms with Crippen LogP contribution in [0.25, 0.3) is 0 Å². The molecule has 0 unspecified atom stereocenters. The average molecular weight is 153 g/mol. The minimum atomic E-state index is 0.583. The largest absolute Gasteiger partial charge is 0.350 e. The van der Waals surface area contributed by atoms with Crippen LogP contribution in [0, 0.1) is 5.92 Å². The Morgan fingerprint density at radius 2 is 2.36 bits per heavy atom. The van der Waals surface area contributed by atoms with Crippen molar-refractivity contribution in [3.63, 3.8) is 0 Å². The van der Waals surface area contributed by atoms with Crippen LogP contribution in [0.5, 0.6) is 0 Å². The molecule has 0 aliphatic heterocycles. The lowest BCUT2D eigenvalue weighted by atomic mass is 10.5. The Morgan fingerprint density at radius 3 is 2.82 bits per heavy atom. The molecule has 11 heavy (non-hydrogen) atoms. The van der Waals surface area contributed by atoms with E-state index in [-0.39, 0.29) is 0 Å². The minimum Gasteiger partial charge on any atom is -0.350 e. The third-order valence-electron chi connectivity index (χ3n) is 2.04. The first kappa shape index (κ1) is 6.57. The molecule has 1 aromatic rings. The van der Waals surface area contributed by atoms with E-state index in [2.05, 4.69) is 27.8 Å². The highest BCUT2D eigenvalue weighted by atomic mass is 15.6. The Balaban J connectivity index is 2.01. The number of hydrogen-bond donors (Lipinski definition) is 1. The van der Waals surface area contributed by atoms with Crippen LogP contribution in [0.15, 0.2) is 0 Å². The van der Waals surface area contributed by atoms with E-state index in [1.807, 2.05) is 7.05 Å². The highest BCUT2D eigenvalue weighted by Crippen LogP contribution is 2.31. The standard InChI is InChI=1S/C6H11N5/c1-4-3-5(4)7-6-8-9-10-11(6)2/h4-5H,3H2,1-2H3,(H,7,8,10)/t4-,5-/m1/s1. The third kappa shape index (κ3) is 1.18. The number of hydrogen-bond acceptors (Lipinski definition) is 4. The summed E-state index contributed by atoms with van der Waals surface area (Å²) in [6.45, 7) is 2.21. The van der Waals surface area contributed by atoms with Crippen LogP contribution in [-0.4, -0.2) is 26.2 Å². The van der Waals surface area contributed by atoms with Crippen LogP contribution in [-0.2, 0) is 7.05 Å². The van der Waals surface area contributed by atoms with Gasteiger partial charge >= 0.3 is 0 Å². The van der Waals surface area contributed by atoms with Crippen molar-refractivity contribution in [3.05, 3.63) is 0 Å². The molecule has 2 atom stereocenters. The summed E-state index contributed by atoms with van der Waals surface area (Å²) in [6.07, 6.45) is 1.23. The molecule has 0 radical (unpaired) electrons. The summed E-state index contributed by atoms with van der Waals surface area (Å²) in [5.41, 5.74) is 0. The molecule has 1 saturated carbocycles. The van der Waals surface area contributed by atoms with E-state index in [9.17, 15) is 0 Å². The Kier molecular flexibility index (Phi) is 1.30. The molecule has 0 spiro atoms. The van der Waals surface area contributed by atoms with E-state index in [4.69, 9.17) is 0 Å². The molecule has 1 fully saturated rings. The van der Waals surface area contributed by atoms with Crippen molar-refractivity contribution in [3.8, 4) is 0 Å². The molecular weight excluding hydrogens is 142 g/mol. The van der Waals surface area contributed by atoms with Crippen molar-refractivity contribution in [2.24, 2.45) is 13.0 Å². The first-order valence-electron chi connectivity index (χ1n) is 3.76. The molecule has 1 aromatic heterocycles. The van der Waals surface area contributed by atoms with Crippen LogP contribution < -0.4 is 5.32 Å². The molecule has 60 valence electrons. The second kappa shape index (κ2) is 2.18. The van der Waals surface area contributed by atoms with E-state index in [0.717, 1.165) is 11.9 Å². The second-order valence-electron chi connectivity index (χ2n) is 3.09. The fourth-order valence-electron chi connectivity index (χ4n) is 1.04. The van der Waals surface area contributed by atoms with Crippen LogP contribution >= 0.6 is 0 Å². The number of aryl methyl sites for hydroxylation is 1. The highest BCUT2D eigenvalue weighted by Gasteiger charge is 2.33. The molecule has 1 N–H and O–H groups in total. The number of nitrogens with one attached hydrogen (secondary N) is 1. The third-order valence-corrected chi connectivity index (χ3v) is 2.04. The Hall–Kier alpha value is -1.13. The maximum atomic E-state index is 3.82. The van der Waals surface area contributed by atoms with Crippen molar-refractivity contribution >= 4 is 5.95 Å². The summed E-state index contributed by atoms with van der Waals surface area (Å²) in [6, 6.07) is 0.583. The lowest BCUT2D eigenvalue weighted by Crippen LogP contribution is -2.08. The molecule has 5 nitrogen and oxygen atoms in total. The lowest BCUT2D eigenvalue weighted by molar-refractivity contribution is 0.711. The summed E-state index contributed by atoms with van der Waals surface area (Å²) in [7, 11) is 1.83. The van der Waals surface area contributed by atoms with E-state index in [1.54, 1.807) is 4.68 Å². The summed E-state index contributed by atoms with van der Waals surface area (Å²) in [5, 5.41) is 14.3. The maximum absolute atomic E-state index is 3.82. The van der Waals surface area contributed by atoms with E-state index >= 15 is 0 Å². The predicted molar refractivity (Wildman–Crippen MR) is 40.0 cm³/mol. The van der Waals surface area contributed by atoms with E-state index in [0.29, 0.717) is 6.04 Å². The van der Waals surface area contributed by atoms with Crippen LogP contribution in [0.2, 0.25) is 0 Å². The molecule has 1 aliphatic rings. The van der Waals surface area contributed by atoms with Gasteiger partial charge in [0.2, 0.25) is 5.95 Å². The topological polar surface area (TPSA) is 55.6 Å². The SMILES string of the molecule is C[C@@H]1C[C@H]1Nc1nnnn1C. The summed E-state index contributed by atoms with van der Waals surface area (Å²) in [4.78, 5) is 0. The van der Waals surface area contributed by atoms with E-state index in [1.165, 1.54) is 6.42 Å². The fourth-order valence-corrected chi connectivity index (χ4v) is 1.04. The van der Waals surface area contributed by atoms with Crippen LogP contribution in [0.1, 0.15) is 13.3 Å². The number of tetrazole rings is 1. The van der Waals surface area contributed by atoms with Gasteiger partial charge in [-0.2, -0.15) is 0 Å². The highest BCUT2D eigenvalue weighted by molar-refractivity contribution is 5.26. The van der Waals surface area contributed by atoms with E-state index < -0.39 is 0 Å². The Morgan fingerprint density at radius 1 is 1.64 bits per heavy atom. The predicted octanol–water partition coefficient (Wildman–Crippen LogP) is 0.0304. The molecule has 0 bridgehead atoms. The molecule has 1 aliphatic carbocycles.